The summed E-state index contributed by atoms with van der Waals surface area (Å²) in [6.07, 6.45) is 1.79. The fourth-order valence-corrected chi connectivity index (χ4v) is 1.99. The minimum atomic E-state index is 0.628. The van der Waals surface area contributed by atoms with Crippen LogP contribution in [0.4, 0.5) is 0 Å². The summed E-state index contributed by atoms with van der Waals surface area (Å²) in [5.41, 5.74) is 2.03. The number of nitrogens with zero attached hydrogens (tertiary/aromatic N) is 3. The SMILES string of the molecule is CN(C)C(=NCc1coc2ccccc12)N(C)C. The Morgan fingerprint density at radius 1 is 1.11 bits per heavy atom. The molecule has 0 aliphatic carbocycles. The summed E-state index contributed by atoms with van der Waals surface area (Å²) in [5, 5.41) is 1.14. The normalized spacial score (nSPS) is 10.4. The maximum absolute atomic E-state index is 5.51. The molecule has 0 spiro atoms. The molecule has 1 aromatic heterocycles. The molecule has 0 amide bonds. The van der Waals surface area contributed by atoms with Crippen molar-refractivity contribution < 1.29 is 4.42 Å². The van der Waals surface area contributed by atoms with Crippen molar-refractivity contribution in [2.24, 2.45) is 4.99 Å². The van der Waals surface area contributed by atoms with Crippen LogP contribution in [0, 0.1) is 0 Å². The predicted octanol–water partition coefficient (Wildman–Crippen LogP) is 2.41. The average Bonchev–Trinajstić information content (AvgIpc) is 2.72. The van der Waals surface area contributed by atoms with Crippen LogP contribution in [0.15, 0.2) is 39.9 Å². The predicted molar refractivity (Wildman–Crippen MR) is 74.7 cm³/mol. The van der Waals surface area contributed by atoms with Gasteiger partial charge in [0.15, 0.2) is 5.96 Å². The first-order chi connectivity index (χ1) is 8.59. The van der Waals surface area contributed by atoms with Gasteiger partial charge >= 0.3 is 0 Å². The van der Waals surface area contributed by atoms with Crippen molar-refractivity contribution in [3.8, 4) is 0 Å². The molecule has 1 heterocycles. The van der Waals surface area contributed by atoms with E-state index >= 15 is 0 Å². The third kappa shape index (κ3) is 2.47. The molecular weight excluding hydrogens is 226 g/mol. The van der Waals surface area contributed by atoms with Crippen LogP contribution in [-0.4, -0.2) is 44.0 Å². The van der Waals surface area contributed by atoms with E-state index in [2.05, 4.69) is 11.1 Å². The highest BCUT2D eigenvalue weighted by molar-refractivity contribution is 5.82. The molecule has 0 fully saturated rings. The van der Waals surface area contributed by atoms with Crippen LogP contribution in [-0.2, 0) is 6.54 Å². The average molecular weight is 245 g/mol. The first-order valence-corrected chi connectivity index (χ1v) is 5.94. The fraction of sp³-hybridized carbons (Fsp3) is 0.357. The van der Waals surface area contributed by atoms with Gasteiger partial charge in [-0.25, -0.2) is 4.99 Å². The Bertz CT molecular complexity index is 545. The lowest BCUT2D eigenvalue weighted by atomic mass is 10.2. The molecule has 0 saturated carbocycles. The van der Waals surface area contributed by atoms with E-state index in [1.165, 1.54) is 0 Å². The number of para-hydroxylation sites is 1. The molecule has 2 rings (SSSR count). The number of hydrogen-bond acceptors (Lipinski definition) is 2. The zero-order valence-corrected chi connectivity index (χ0v) is 11.3. The van der Waals surface area contributed by atoms with E-state index in [1.807, 2.05) is 56.2 Å². The number of furan rings is 1. The Labute approximate surface area is 108 Å². The molecule has 0 radical (unpaired) electrons. The number of rotatable bonds is 2. The van der Waals surface area contributed by atoms with Crippen LogP contribution < -0.4 is 0 Å². The lowest BCUT2D eigenvalue weighted by Crippen LogP contribution is -2.35. The lowest BCUT2D eigenvalue weighted by molar-refractivity contribution is 0.479. The molecule has 4 nitrogen and oxygen atoms in total. The van der Waals surface area contributed by atoms with Crippen LogP contribution >= 0.6 is 0 Å². The van der Waals surface area contributed by atoms with Gasteiger partial charge in [0.25, 0.3) is 0 Å². The van der Waals surface area contributed by atoms with Crippen molar-refractivity contribution >= 4 is 16.9 Å². The Balaban J connectivity index is 2.26. The lowest BCUT2D eigenvalue weighted by Gasteiger charge is -2.22. The van der Waals surface area contributed by atoms with Crippen LogP contribution in [0.1, 0.15) is 5.56 Å². The van der Waals surface area contributed by atoms with Gasteiger partial charge in [-0.2, -0.15) is 0 Å². The minimum Gasteiger partial charge on any atom is -0.464 e. The molecule has 96 valence electrons. The van der Waals surface area contributed by atoms with Gasteiger partial charge in [0.1, 0.15) is 5.58 Å². The van der Waals surface area contributed by atoms with E-state index in [4.69, 9.17) is 4.42 Å². The minimum absolute atomic E-state index is 0.628. The standard InChI is InChI=1S/C14H19N3O/c1-16(2)14(17(3)4)15-9-11-10-18-13-8-6-5-7-12(11)13/h5-8,10H,9H2,1-4H3. The number of benzene rings is 1. The summed E-state index contributed by atoms with van der Waals surface area (Å²) >= 11 is 0. The van der Waals surface area contributed by atoms with E-state index in [1.54, 1.807) is 6.26 Å². The van der Waals surface area contributed by atoms with Crippen molar-refractivity contribution in [3.05, 3.63) is 36.1 Å². The Kier molecular flexibility index (Phi) is 3.55. The van der Waals surface area contributed by atoms with Gasteiger partial charge in [-0.3, -0.25) is 0 Å². The third-order valence-electron chi connectivity index (χ3n) is 2.75. The number of aliphatic imine (C=N–C) groups is 1. The summed E-state index contributed by atoms with van der Waals surface area (Å²) in [6.45, 7) is 0.628. The van der Waals surface area contributed by atoms with E-state index in [0.717, 1.165) is 22.5 Å². The van der Waals surface area contributed by atoms with Crippen molar-refractivity contribution in [1.82, 2.24) is 9.80 Å². The van der Waals surface area contributed by atoms with Gasteiger partial charge in [0.2, 0.25) is 0 Å². The quantitative estimate of drug-likeness (QED) is 0.601. The number of fused-ring (bicyclic) bond motifs is 1. The van der Waals surface area contributed by atoms with E-state index in [9.17, 15) is 0 Å². The highest BCUT2D eigenvalue weighted by Crippen LogP contribution is 2.21. The van der Waals surface area contributed by atoms with E-state index < -0.39 is 0 Å². The van der Waals surface area contributed by atoms with Crippen LogP contribution in [0.25, 0.3) is 11.0 Å². The summed E-state index contributed by atoms with van der Waals surface area (Å²) in [7, 11) is 7.97. The molecule has 0 bridgehead atoms. The van der Waals surface area contributed by atoms with Gasteiger partial charge in [-0.15, -0.1) is 0 Å². The molecule has 0 aliphatic rings. The first kappa shape index (κ1) is 12.5. The highest BCUT2D eigenvalue weighted by atomic mass is 16.3. The molecule has 2 aromatic rings. The van der Waals surface area contributed by atoms with Gasteiger partial charge < -0.3 is 14.2 Å². The molecule has 0 N–H and O–H groups in total. The summed E-state index contributed by atoms with van der Waals surface area (Å²) in [6, 6.07) is 8.03. The monoisotopic (exact) mass is 245 g/mol. The summed E-state index contributed by atoms with van der Waals surface area (Å²) in [5.74, 6) is 0.945. The zero-order chi connectivity index (χ0) is 13.1. The van der Waals surface area contributed by atoms with Gasteiger partial charge in [-0.1, -0.05) is 18.2 Å². The highest BCUT2D eigenvalue weighted by Gasteiger charge is 2.07. The molecule has 4 heteroatoms. The Morgan fingerprint density at radius 3 is 2.44 bits per heavy atom. The second kappa shape index (κ2) is 5.12. The summed E-state index contributed by atoms with van der Waals surface area (Å²) < 4.78 is 5.51. The van der Waals surface area contributed by atoms with Gasteiger partial charge in [0.05, 0.1) is 12.8 Å². The van der Waals surface area contributed by atoms with E-state index in [-0.39, 0.29) is 0 Å². The fourth-order valence-electron chi connectivity index (χ4n) is 1.99. The molecule has 0 saturated heterocycles. The molecule has 0 aliphatic heterocycles. The second-order valence-corrected chi connectivity index (χ2v) is 4.66. The van der Waals surface area contributed by atoms with Crippen LogP contribution in [0.2, 0.25) is 0 Å². The van der Waals surface area contributed by atoms with Crippen LogP contribution in [0.3, 0.4) is 0 Å². The molecule has 0 atom stereocenters. The maximum Gasteiger partial charge on any atom is 0.195 e. The van der Waals surface area contributed by atoms with Crippen molar-refractivity contribution in [3.63, 3.8) is 0 Å². The largest absolute Gasteiger partial charge is 0.464 e. The Morgan fingerprint density at radius 2 is 1.78 bits per heavy atom. The first-order valence-electron chi connectivity index (χ1n) is 5.94. The third-order valence-corrected chi connectivity index (χ3v) is 2.75. The number of hydrogen-bond donors (Lipinski definition) is 0. The van der Waals surface area contributed by atoms with Gasteiger partial charge in [-0.05, 0) is 6.07 Å². The molecule has 1 aromatic carbocycles. The zero-order valence-electron chi connectivity index (χ0n) is 11.3. The Hall–Kier alpha value is -1.97. The molecule has 18 heavy (non-hydrogen) atoms. The van der Waals surface area contributed by atoms with Crippen molar-refractivity contribution in [1.29, 1.82) is 0 Å². The van der Waals surface area contributed by atoms with Crippen molar-refractivity contribution in [2.45, 2.75) is 6.54 Å². The molecular formula is C14H19N3O. The summed E-state index contributed by atoms with van der Waals surface area (Å²) in [4.78, 5) is 8.63. The topological polar surface area (TPSA) is 32.0 Å². The maximum atomic E-state index is 5.51. The smallest absolute Gasteiger partial charge is 0.195 e. The van der Waals surface area contributed by atoms with Gasteiger partial charge in [0, 0.05) is 39.1 Å². The van der Waals surface area contributed by atoms with Crippen molar-refractivity contribution in [2.75, 3.05) is 28.2 Å². The molecule has 0 unspecified atom stereocenters. The number of guanidine groups is 1. The van der Waals surface area contributed by atoms with Crippen LogP contribution in [0.5, 0.6) is 0 Å². The second-order valence-electron chi connectivity index (χ2n) is 4.66. The van der Waals surface area contributed by atoms with E-state index in [0.29, 0.717) is 6.54 Å².